The van der Waals surface area contributed by atoms with Gasteiger partial charge in [0.05, 0.1) is 0 Å². The Hall–Kier alpha value is 0. The summed E-state index contributed by atoms with van der Waals surface area (Å²) in [7, 11) is 0. The van der Waals surface area contributed by atoms with Gasteiger partial charge in [0.2, 0.25) is 0 Å². The molecular weight excluding hydrogens is 264 g/mol. The fraction of sp³-hybridized carbons (Fsp3) is 1.00. The number of unbranched alkanes of at least 4 members (excludes halogenated alkanes) is 11. The Labute approximate surface area is 142 Å². The summed E-state index contributed by atoms with van der Waals surface area (Å²) in [5.41, 5.74) is 0. The summed E-state index contributed by atoms with van der Waals surface area (Å²) in [6.07, 6.45) is 20.4. The standard InChI is InChI=1S/C22H46/c1-6-7-8-9-10-11-12-13-14-15-16-17-18-22(21(4)5)19-20(2)3/h20-22H,6-19H2,1-5H3. The van der Waals surface area contributed by atoms with E-state index < -0.39 is 0 Å². The predicted octanol–water partition coefficient (Wildman–Crippen LogP) is 8.40. The van der Waals surface area contributed by atoms with E-state index in [1.807, 2.05) is 0 Å². The fourth-order valence-electron chi connectivity index (χ4n) is 3.58. The third-order valence-electron chi connectivity index (χ3n) is 5.15. The maximum atomic E-state index is 2.41. The highest BCUT2D eigenvalue weighted by Crippen LogP contribution is 2.26. The van der Waals surface area contributed by atoms with Gasteiger partial charge >= 0.3 is 0 Å². The van der Waals surface area contributed by atoms with Gasteiger partial charge in [0.25, 0.3) is 0 Å². The van der Waals surface area contributed by atoms with Gasteiger partial charge in [-0.15, -0.1) is 0 Å². The molecule has 134 valence electrons. The van der Waals surface area contributed by atoms with Crippen molar-refractivity contribution in [3.05, 3.63) is 0 Å². The number of hydrogen-bond acceptors (Lipinski definition) is 0. The van der Waals surface area contributed by atoms with Crippen molar-refractivity contribution in [3.63, 3.8) is 0 Å². The maximum absolute atomic E-state index is 2.41. The van der Waals surface area contributed by atoms with E-state index >= 15 is 0 Å². The fourth-order valence-corrected chi connectivity index (χ4v) is 3.58. The van der Waals surface area contributed by atoms with Crippen LogP contribution in [0, 0.1) is 17.8 Å². The topological polar surface area (TPSA) is 0 Å². The molecule has 0 radical (unpaired) electrons. The zero-order chi connectivity index (χ0) is 16.6. The molecule has 0 heteroatoms. The van der Waals surface area contributed by atoms with Crippen LogP contribution in [0.4, 0.5) is 0 Å². The van der Waals surface area contributed by atoms with E-state index in [9.17, 15) is 0 Å². The largest absolute Gasteiger partial charge is 0.0654 e. The van der Waals surface area contributed by atoms with Crippen LogP contribution in [-0.2, 0) is 0 Å². The van der Waals surface area contributed by atoms with Crippen LogP contribution in [0.3, 0.4) is 0 Å². The Kier molecular flexibility index (Phi) is 15.9. The van der Waals surface area contributed by atoms with Crippen LogP contribution in [0.25, 0.3) is 0 Å². The third-order valence-corrected chi connectivity index (χ3v) is 5.15. The van der Waals surface area contributed by atoms with E-state index in [0.29, 0.717) is 0 Å². The lowest BCUT2D eigenvalue weighted by molar-refractivity contribution is 0.289. The van der Waals surface area contributed by atoms with Gasteiger partial charge in [-0.25, -0.2) is 0 Å². The molecule has 1 atom stereocenters. The second kappa shape index (κ2) is 15.9. The molecule has 0 saturated carbocycles. The molecule has 0 aliphatic heterocycles. The molecule has 0 amide bonds. The van der Waals surface area contributed by atoms with Gasteiger partial charge in [-0.3, -0.25) is 0 Å². The van der Waals surface area contributed by atoms with E-state index in [0.717, 1.165) is 17.8 Å². The summed E-state index contributed by atoms with van der Waals surface area (Å²) in [6, 6.07) is 0. The molecule has 0 aliphatic rings. The molecule has 0 fully saturated rings. The molecule has 0 rings (SSSR count). The van der Waals surface area contributed by atoms with Gasteiger partial charge in [0.15, 0.2) is 0 Å². The molecule has 0 aliphatic carbocycles. The molecule has 0 heterocycles. The monoisotopic (exact) mass is 310 g/mol. The summed E-state index contributed by atoms with van der Waals surface area (Å²) in [4.78, 5) is 0. The van der Waals surface area contributed by atoms with Crippen molar-refractivity contribution in [2.24, 2.45) is 17.8 Å². The van der Waals surface area contributed by atoms with Crippen LogP contribution in [-0.4, -0.2) is 0 Å². The second-order valence-corrected chi connectivity index (χ2v) is 8.31. The van der Waals surface area contributed by atoms with Gasteiger partial charge in [-0.05, 0) is 24.2 Å². The summed E-state index contributed by atoms with van der Waals surface area (Å²) in [5, 5.41) is 0. The van der Waals surface area contributed by atoms with Crippen molar-refractivity contribution >= 4 is 0 Å². The first-order chi connectivity index (χ1) is 10.6. The minimum atomic E-state index is 0.865. The molecule has 22 heavy (non-hydrogen) atoms. The Morgan fingerprint density at radius 3 is 1.32 bits per heavy atom. The van der Waals surface area contributed by atoms with Crippen molar-refractivity contribution in [1.29, 1.82) is 0 Å². The van der Waals surface area contributed by atoms with Crippen molar-refractivity contribution in [2.45, 2.75) is 125 Å². The van der Waals surface area contributed by atoms with E-state index in [-0.39, 0.29) is 0 Å². The lowest BCUT2D eigenvalue weighted by atomic mass is 9.84. The van der Waals surface area contributed by atoms with Crippen molar-refractivity contribution in [3.8, 4) is 0 Å². The second-order valence-electron chi connectivity index (χ2n) is 8.31. The zero-order valence-corrected chi connectivity index (χ0v) is 16.6. The first-order valence-corrected chi connectivity index (χ1v) is 10.6. The molecular formula is C22H46. The molecule has 0 bridgehead atoms. The molecule has 0 aromatic carbocycles. The Balaban J connectivity index is 3.31. The molecule has 0 aromatic rings. The van der Waals surface area contributed by atoms with Crippen LogP contribution >= 0.6 is 0 Å². The van der Waals surface area contributed by atoms with Crippen LogP contribution < -0.4 is 0 Å². The molecule has 0 nitrogen and oxygen atoms in total. The van der Waals surface area contributed by atoms with Gasteiger partial charge < -0.3 is 0 Å². The van der Waals surface area contributed by atoms with Gasteiger partial charge in [-0.2, -0.15) is 0 Å². The number of hydrogen-bond donors (Lipinski definition) is 0. The van der Waals surface area contributed by atoms with E-state index in [4.69, 9.17) is 0 Å². The molecule has 0 aromatic heterocycles. The Morgan fingerprint density at radius 2 is 0.955 bits per heavy atom. The minimum absolute atomic E-state index is 0.865. The highest BCUT2D eigenvalue weighted by atomic mass is 14.2. The number of rotatable bonds is 16. The third kappa shape index (κ3) is 14.9. The molecule has 1 unspecified atom stereocenters. The first-order valence-electron chi connectivity index (χ1n) is 10.6. The normalized spacial score (nSPS) is 13.2. The summed E-state index contributed by atoms with van der Waals surface area (Å²) in [6.45, 7) is 11.9. The Bertz CT molecular complexity index is 204. The summed E-state index contributed by atoms with van der Waals surface area (Å²) < 4.78 is 0. The Morgan fingerprint density at radius 1 is 0.545 bits per heavy atom. The van der Waals surface area contributed by atoms with Crippen LogP contribution in [0.15, 0.2) is 0 Å². The lowest BCUT2D eigenvalue weighted by Crippen LogP contribution is -2.11. The smallest absolute Gasteiger partial charge is 0.0389 e. The SMILES string of the molecule is CCCCCCCCCCCCCCC(CC(C)C)C(C)C. The molecule has 0 saturated heterocycles. The van der Waals surface area contributed by atoms with Crippen LogP contribution in [0.5, 0.6) is 0 Å². The lowest BCUT2D eigenvalue weighted by Gasteiger charge is -2.22. The first kappa shape index (κ1) is 22.0. The van der Waals surface area contributed by atoms with Gasteiger partial charge in [0.1, 0.15) is 0 Å². The summed E-state index contributed by atoms with van der Waals surface area (Å²) in [5.74, 6) is 2.70. The van der Waals surface area contributed by atoms with Gasteiger partial charge in [-0.1, -0.05) is 118 Å². The maximum Gasteiger partial charge on any atom is -0.0389 e. The highest BCUT2D eigenvalue weighted by molar-refractivity contribution is 4.65. The van der Waals surface area contributed by atoms with Crippen LogP contribution in [0.1, 0.15) is 125 Å². The highest BCUT2D eigenvalue weighted by Gasteiger charge is 2.14. The average Bonchev–Trinajstić information content (AvgIpc) is 2.46. The van der Waals surface area contributed by atoms with Crippen LogP contribution in [0.2, 0.25) is 0 Å². The van der Waals surface area contributed by atoms with Crippen molar-refractivity contribution < 1.29 is 0 Å². The van der Waals surface area contributed by atoms with E-state index in [1.54, 1.807) is 0 Å². The van der Waals surface area contributed by atoms with Crippen molar-refractivity contribution in [2.75, 3.05) is 0 Å². The summed E-state index contributed by atoms with van der Waals surface area (Å²) >= 11 is 0. The predicted molar refractivity (Wildman–Crippen MR) is 103 cm³/mol. The molecule has 0 N–H and O–H groups in total. The van der Waals surface area contributed by atoms with Crippen molar-refractivity contribution in [1.82, 2.24) is 0 Å². The minimum Gasteiger partial charge on any atom is -0.0654 e. The van der Waals surface area contributed by atoms with E-state index in [2.05, 4.69) is 34.6 Å². The average molecular weight is 311 g/mol. The quantitative estimate of drug-likeness (QED) is 0.251. The zero-order valence-electron chi connectivity index (χ0n) is 16.6. The molecule has 0 spiro atoms. The van der Waals surface area contributed by atoms with Gasteiger partial charge in [0, 0.05) is 0 Å². The van der Waals surface area contributed by atoms with E-state index in [1.165, 1.54) is 89.9 Å².